The molecule has 1 N–H and O–H groups in total. The maximum atomic E-state index is 11.7. The Balaban J connectivity index is 1.73. The summed E-state index contributed by atoms with van der Waals surface area (Å²) in [4.78, 5) is 24.9. The molecule has 0 aromatic rings. The lowest BCUT2D eigenvalue weighted by Crippen LogP contribution is -2.43. The monoisotopic (exact) mass is 238 g/mol. The summed E-state index contributed by atoms with van der Waals surface area (Å²) in [5, 5.41) is 3.44. The minimum Gasteiger partial charge on any atom is -0.314 e. The molecule has 1 unspecified atom stereocenters. The number of nitrogens with zero attached hydrogens (tertiary/aromatic N) is 1. The van der Waals surface area contributed by atoms with Gasteiger partial charge in [0.25, 0.3) is 0 Å². The first-order valence-corrected chi connectivity index (χ1v) is 6.73. The molecule has 0 aromatic carbocycles. The third-order valence-corrected chi connectivity index (χ3v) is 3.74. The van der Waals surface area contributed by atoms with Gasteiger partial charge in [-0.2, -0.15) is 0 Å². The number of likely N-dealkylation sites (tertiary alicyclic amines) is 1. The van der Waals surface area contributed by atoms with E-state index in [0.717, 1.165) is 19.4 Å². The van der Waals surface area contributed by atoms with Crippen LogP contribution in [0.2, 0.25) is 0 Å². The molecule has 1 atom stereocenters. The van der Waals surface area contributed by atoms with Gasteiger partial charge < -0.3 is 5.32 Å². The van der Waals surface area contributed by atoms with Gasteiger partial charge >= 0.3 is 0 Å². The second kappa shape index (κ2) is 5.63. The number of carbonyl (C=O) groups is 2. The minimum absolute atomic E-state index is 0.0214. The van der Waals surface area contributed by atoms with E-state index in [2.05, 4.69) is 5.32 Å². The van der Waals surface area contributed by atoms with Crippen LogP contribution in [0.15, 0.2) is 0 Å². The Morgan fingerprint density at radius 2 is 2.00 bits per heavy atom. The normalized spacial score (nSPS) is 26.9. The van der Waals surface area contributed by atoms with Crippen molar-refractivity contribution >= 4 is 11.8 Å². The van der Waals surface area contributed by atoms with Crippen molar-refractivity contribution in [3.8, 4) is 0 Å². The van der Waals surface area contributed by atoms with Crippen molar-refractivity contribution in [2.24, 2.45) is 5.92 Å². The lowest BCUT2D eigenvalue weighted by atomic mass is 9.97. The number of rotatable bonds is 4. The molecular weight excluding hydrogens is 216 g/mol. The fraction of sp³-hybridized carbons (Fsp3) is 0.846. The number of piperidine rings is 1. The van der Waals surface area contributed by atoms with Gasteiger partial charge in [-0.3, -0.25) is 14.5 Å². The first kappa shape index (κ1) is 12.6. The molecule has 2 aliphatic heterocycles. The Kier molecular flexibility index (Phi) is 4.15. The Morgan fingerprint density at radius 1 is 1.29 bits per heavy atom. The van der Waals surface area contributed by atoms with E-state index in [1.807, 2.05) is 6.92 Å². The van der Waals surface area contributed by atoms with Gasteiger partial charge in [0.05, 0.1) is 0 Å². The lowest BCUT2D eigenvalue weighted by Gasteiger charge is -2.28. The molecule has 17 heavy (non-hydrogen) atoms. The van der Waals surface area contributed by atoms with E-state index < -0.39 is 0 Å². The third-order valence-electron chi connectivity index (χ3n) is 3.74. The summed E-state index contributed by atoms with van der Waals surface area (Å²) in [7, 11) is 0. The molecular formula is C13H22N2O2. The fourth-order valence-corrected chi connectivity index (χ4v) is 2.78. The summed E-state index contributed by atoms with van der Waals surface area (Å²) in [6.07, 6.45) is 5.57. The number of carbonyl (C=O) groups excluding carboxylic acids is 2. The molecule has 96 valence electrons. The highest BCUT2D eigenvalue weighted by Crippen LogP contribution is 2.19. The molecule has 0 aliphatic carbocycles. The third kappa shape index (κ3) is 3.28. The highest BCUT2D eigenvalue weighted by atomic mass is 16.2. The number of imide groups is 1. The van der Waals surface area contributed by atoms with Crippen LogP contribution < -0.4 is 5.32 Å². The van der Waals surface area contributed by atoms with Gasteiger partial charge in [0.15, 0.2) is 0 Å². The van der Waals surface area contributed by atoms with E-state index in [1.165, 1.54) is 17.7 Å². The van der Waals surface area contributed by atoms with Crippen molar-refractivity contribution in [2.45, 2.75) is 51.5 Å². The molecule has 0 spiro atoms. The zero-order valence-corrected chi connectivity index (χ0v) is 10.6. The lowest BCUT2D eigenvalue weighted by molar-refractivity contribution is -0.149. The predicted molar refractivity (Wildman–Crippen MR) is 65.4 cm³/mol. The molecule has 2 saturated heterocycles. The zero-order chi connectivity index (χ0) is 12.3. The maximum absolute atomic E-state index is 11.7. The van der Waals surface area contributed by atoms with Gasteiger partial charge in [0.2, 0.25) is 11.8 Å². The Hall–Kier alpha value is -0.900. The van der Waals surface area contributed by atoms with Gasteiger partial charge in [-0.25, -0.2) is 0 Å². The molecule has 2 fully saturated rings. The molecule has 0 aromatic heterocycles. The Labute approximate surface area is 103 Å². The molecule has 0 saturated carbocycles. The van der Waals surface area contributed by atoms with E-state index >= 15 is 0 Å². The quantitative estimate of drug-likeness (QED) is 0.751. The number of hydrogen-bond acceptors (Lipinski definition) is 3. The predicted octanol–water partition coefficient (Wildman–Crippen LogP) is 1.30. The number of nitrogens with one attached hydrogen (secondary N) is 1. The highest BCUT2D eigenvalue weighted by molar-refractivity contribution is 5.97. The molecule has 0 bridgehead atoms. The van der Waals surface area contributed by atoms with Crippen molar-refractivity contribution in [1.29, 1.82) is 0 Å². The SMILES string of the molecule is CC1CC(=O)N(CCCC2CCCN2)C(=O)C1. The largest absolute Gasteiger partial charge is 0.314 e. The van der Waals surface area contributed by atoms with E-state index in [-0.39, 0.29) is 17.7 Å². The van der Waals surface area contributed by atoms with E-state index in [9.17, 15) is 9.59 Å². The second-order valence-electron chi connectivity index (χ2n) is 5.39. The average Bonchev–Trinajstić information content (AvgIpc) is 2.74. The van der Waals surface area contributed by atoms with Gasteiger partial charge in [0, 0.05) is 25.4 Å². The van der Waals surface area contributed by atoms with Crippen LogP contribution in [-0.4, -0.2) is 35.8 Å². The molecule has 0 radical (unpaired) electrons. The molecule has 2 heterocycles. The summed E-state index contributed by atoms with van der Waals surface area (Å²) in [6, 6.07) is 0.601. The standard InChI is InChI=1S/C13H22N2O2/c1-10-8-12(16)15(13(17)9-10)7-3-5-11-4-2-6-14-11/h10-11,14H,2-9H2,1H3. The van der Waals surface area contributed by atoms with Crippen molar-refractivity contribution < 1.29 is 9.59 Å². The van der Waals surface area contributed by atoms with E-state index in [4.69, 9.17) is 0 Å². The van der Waals surface area contributed by atoms with Crippen LogP contribution in [0, 0.1) is 5.92 Å². The minimum atomic E-state index is 0.0214. The van der Waals surface area contributed by atoms with Crippen molar-refractivity contribution in [3.05, 3.63) is 0 Å². The van der Waals surface area contributed by atoms with Gasteiger partial charge in [0.1, 0.15) is 0 Å². The Morgan fingerprint density at radius 3 is 2.59 bits per heavy atom. The average molecular weight is 238 g/mol. The molecule has 4 heteroatoms. The maximum Gasteiger partial charge on any atom is 0.229 e. The van der Waals surface area contributed by atoms with Crippen LogP contribution in [0.1, 0.15) is 45.4 Å². The summed E-state index contributed by atoms with van der Waals surface area (Å²) in [5.74, 6) is 0.268. The summed E-state index contributed by atoms with van der Waals surface area (Å²) >= 11 is 0. The van der Waals surface area contributed by atoms with Crippen molar-refractivity contribution in [1.82, 2.24) is 10.2 Å². The number of amides is 2. The van der Waals surface area contributed by atoms with Crippen LogP contribution in [-0.2, 0) is 9.59 Å². The zero-order valence-electron chi connectivity index (χ0n) is 10.6. The van der Waals surface area contributed by atoms with Crippen LogP contribution in [0.3, 0.4) is 0 Å². The second-order valence-corrected chi connectivity index (χ2v) is 5.39. The van der Waals surface area contributed by atoms with E-state index in [0.29, 0.717) is 25.4 Å². The highest BCUT2D eigenvalue weighted by Gasteiger charge is 2.29. The molecule has 2 aliphatic rings. The summed E-state index contributed by atoms with van der Waals surface area (Å²) < 4.78 is 0. The summed E-state index contributed by atoms with van der Waals surface area (Å²) in [6.45, 7) is 3.70. The van der Waals surface area contributed by atoms with Crippen molar-refractivity contribution in [3.63, 3.8) is 0 Å². The van der Waals surface area contributed by atoms with Gasteiger partial charge in [-0.15, -0.1) is 0 Å². The van der Waals surface area contributed by atoms with Crippen LogP contribution >= 0.6 is 0 Å². The molecule has 4 nitrogen and oxygen atoms in total. The van der Waals surface area contributed by atoms with Gasteiger partial charge in [-0.1, -0.05) is 6.92 Å². The fourth-order valence-electron chi connectivity index (χ4n) is 2.78. The topological polar surface area (TPSA) is 49.4 Å². The smallest absolute Gasteiger partial charge is 0.229 e. The first-order chi connectivity index (χ1) is 8.16. The van der Waals surface area contributed by atoms with Crippen molar-refractivity contribution in [2.75, 3.05) is 13.1 Å². The summed E-state index contributed by atoms with van der Waals surface area (Å²) in [5.41, 5.74) is 0. The number of hydrogen-bond donors (Lipinski definition) is 1. The van der Waals surface area contributed by atoms with E-state index in [1.54, 1.807) is 0 Å². The van der Waals surface area contributed by atoms with Crippen LogP contribution in [0.4, 0.5) is 0 Å². The van der Waals surface area contributed by atoms with Crippen LogP contribution in [0.25, 0.3) is 0 Å². The van der Waals surface area contributed by atoms with Gasteiger partial charge in [-0.05, 0) is 38.1 Å². The molecule has 2 rings (SSSR count). The Bertz CT molecular complexity index is 280. The first-order valence-electron chi connectivity index (χ1n) is 6.73. The van der Waals surface area contributed by atoms with Crippen LogP contribution in [0.5, 0.6) is 0 Å². The molecule has 2 amide bonds.